The summed E-state index contributed by atoms with van der Waals surface area (Å²) < 4.78 is 0. The molecule has 2 aromatic carbocycles. The van der Waals surface area contributed by atoms with Crippen LogP contribution in [0, 0.1) is 13.8 Å². The molecule has 4 heteroatoms. The van der Waals surface area contributed by atoms with Crippen LogP contribution in [0.5, 0.6) is 0 Å². The molecule has 20 heavy (non-hydrogen) atoms. The van der Waals surface area contributed by atoms with E-state index in [1.54, 1.807) is 11.8 Å². The Morgan fingerprint density at radius 1 is 0.900 bits per heavy atom. The van der Waals surface area contributed by atoms with Crippen LogP contribution in [-0.4, -0.2) is 10.2 Å². The molecule has 1 heterocycles. The van der Waals surface area contributed by atoms with E-state index in [-0.39, 0.29) is 0 Å². The van der Waals surface area contributed by atoms with Crippen LogP contribution in [0.4, 0.5) is 0 Å². The molecule has 0 amide bonds. The third kappa shape index (κ3) is 2.51. The summed E-state index contributed by atoms with van der Waals surface area (Å²) in [6.07, 6.45) is 0. The van der Waals surface area contributed by atoms with Gasteiger partial charge in [0.25, 0.3) is 0 Å². The number of rotatable bonds is 2. The smallest absolute Gasteiger partial charge is 0.142 e. The Labute approximate surface area is 127 Å². The third-order valence-corrected chi connectivity index (χ3v) is 4.56. The highest BCUT2D eigenvalue weighted by molar-refractivity contribution is 7.99. The summed E-state index contributed by atoms with van der Waals surface area (Å²) in [7, 11) is 0. The SMILES string of the molecule is Cc1ccc(Sc2nnc(Cl)c3ccccc23)cc1C. The maximum atomic E-state index is 6.10. The molecule has 0 N–H and O–H groups in total. The van der Waals surface area contributed by atoms with Gasteiger partial charge in [-0.1, -0.05) is 53.7 Å². The van der Waals surface area contributed by atoms with Crippen LogP contribution >= 0.6 is 23.4 Å². The molecule has 0 saturated carbocycles. The molecule has 0 aliphatic rings. The van der Waals surface area contributed by atoms with Crippen molar-refractivity contribution in [3.05, 3.63) is 58.7 Å². The molecule has 0 aliphatic carbocycles. The summed E-state index contributed by atoms with van der Waals surface area (Å²) in [5.74, 6) is 0. The van der Waals surface area contributed by atoms with Gasteiger partial charge in [0.2, 0.25) is 0 Å². The summed E-state index contributed by atoms with van der Waals surface area (Å²) in [4.78, 5) is 1.16. The number of fused-ring (bicyclic) bond motifs is 1. The zero-order chi connectivity index (χ0) is 14.1. The van der Waals surface area contributed by atoms with Gasteiger partial charge in [-0.25, -0.2) is 0 Å². The molecule has 0 aliphatic heterocycles. The first kappa shape index (κ1) is 13.4. The van der Waals surface area contributed by atoms with Crippen molar-refractivity contribution in [2.24, 2.45) is 0 Å². The van der Waals surface area contributed by atoms with Crippen molar-refractivity contribution in [3.8, 4) is 0 Å². The molecule has 0 spiro atoms. The Morgan fingerprint density at radius 3 is 2.40 bits per heavy atom. The van der Waals surface area contributed by atoms with Crippen LogP contribution in [-0.2, 0) is 0 Å². The van der Waals surface area contributed by atoms with Gasteiger partial charge in [-0.2, -0.15) is 0 Å². The van der Waals surface area contributed by atoms with E-state index in [0.717, 1.165) is 20.7 Å². The van der Waals surface area contributed by atoms with Crippen molar-refractivity contribution >= 4 is 34.1 Å². The Morgan fingerprint density at radius 2 is 1.65 bits per heavy atom. The standard InChI is InChI=1S/C16H13ClN2S/c1-10-7-8-12(9-11(10)2)20-16-14-6-4-3-5-13(14)15(17)18-19-16/h3-9H,1-2H3. The molecular weight excluding hydrogens is 288 g/mol. The van der Waals surface area contributed by atoms with E-state index in [4.69, 9.17) is 11.6 Å². The molecule has 2 nitrogen and oxygen atoms in total. The highest BCUT2D eigenvalue weighted by Crippen LogP contribution is 2.33. The van der Waals surface area contributed by atoms with Crippen LogP contribution in [0.2, 0.25) is 5.15 Å². The summed E-state index contributed by atoms with van der Waals surface area (Å²) in [5, 5.41) is 11.6. The maximum Gasteiger partial charge on any atom is 0.159 e. The van der Waals surface area contributed by atoms with Gasteiger partial charge >= 0.3 is 0 Å². The number of aromatic nitrogens is 2. The first-order valence-electron chi connectivity index (χ1n) is 6.31. The second-order valence-corrected chi connectivity index (χ2v) is 6.11. The van der Waals surface area contributed by atoms with Gasteiger partial charge in [0.1, 0.15) is 5.03 Å². The van der Waals surface area contributed by atoms with E-state index in [0.29, 0.717) is 5.15 Å². The number of hydrogen-bond donors (Lipinski definition) is 0. The normalized spacial score (nSPS) is 10.9. The summed E-state index contributed by atoms with van der Waals surface area (Å²) in [6.45, 7) is 4.23. The zero-order valence-corrected chi connectivity index (χ0v) is 12.8. The molecule has 0 fully saturated rings. The fourth-order valence-corrected chi connectivity index (χ4v) is 3.18. The quantitative estimate of drug-likeness (QED) is 0.662. The van der Waals surface area contributed by atoms with Crippen molar-refractivity contribution in [2.45, 2.75) is 23.8 Å². The van der Waals surface area contributed by atoms with Crippen molar-refractivity contribution in [2.75, 3.05) is 0 Å². The zero-order valence-electron chi connectivity index (χ0n) is 11.2. The number of halogens is 1. The van der Waals surface area contributed by atoms with Crippen LogP contribution in [0.1, 0.15) is 11.1 Å². The summed E-state index contributed by atoms with van der Waals surface area (Å²) in [5.41, 5.74) is 2.57. The van der Waals surface area contributed by atoms with Gasteiger partial charge in [0.15, 0.2) is 5.15 Å². The van der Waals surface area contributed by atoms with E-state index >= 15 is 0 Å². The van der Waals surface area contributed by atoms with Crippen LogP contribution in [0.25, 0.3) is 10.8 Å². The molecule has 0 atom stereocenters. The minimum atomic E-state index is 0.449. The van der Waals surface area contributed by atoms with Gasteiger partial charge in [-0.3, -0.25) is 0 Å². The highest BCUT2D eigenvalue weighted by atomic mass is 35.5. The van der Waals surface area contributed by atoms with Crippen LogP contribution < -0.4 is 0 Å². The Kier molecular flexibility index (Phi) is 3.64. The lowest BCUT2D eigenvalue weighted by molar-refractivity contribution is 0.956. The Balaban J connectivity index is 2.06. The first-order valence-corrected chi connectivity index (χ1v) is 7.50. The minimum absolute atomic E-state index is 0.449. The topological polar surface area (TPSA) is 25.8 Å². The largest absolute Gasteiger partial charge is 0.159 e. The van der Waals surface area contributed by atoms with Crippen molar-refractivity contribution in [1.82, 2.24) is 10.2 Å². The lowest BCUT2D eigenvalue weighted by Gasteiger charge is -2.07. The van der Waals surface area contributed by atoms with Crippen LogP contribution in [0.3, 0.4) is 0 Å². The lowest BCUT2D eigenvalue weighted by atomic mass is 10.1. The fraction of sp³-hybridized carbons (Fsp3) is 0.125. The van der Waals surface area contributed by atoms with Crippen molar-refractivity contribution < 1.29 is 0 Å². The average molecular weight is 301 g/mol. The minimum Gasteiger partial charge on any atom is -0.142 e. The Bertz CT molecular complexity index is 787. The molecular formula is C16H13ClN2S. The molecule has 0 bridgehead atoms. The number of benzene rings is 2. The highest BCUT2D eigenvalue weighted by Gasteiger charge is 2.09. The monoisotopic (exact) mass is 300 g/mol. The summed E-state index contributed by atoms with van der Waals surface area (Å²) in [6, 6.07) is 14.4. The van der Waals surface area contributed by atoms with Crippen molar-refractivity contribution in [3.63, 3.8) is 0 Å². The molecule has 1 aromatic heterocycles. The third-order valence-electron chi connectivity index (χ3n) is 3.30. The van der Waals surface area contributed by atoms with Gasteiger partial charge in [0, 0.05) is 15.7 Å². The number of hydrogen-bond acceptors (Lipinski definition) is 3. The van der Waals surface area contributed by atoms with E-state index < -0.39 is 0 Å². The first-order chi connectivity index (χ1) is 9.65. The molecule has 0 unspecified atom stereocenters. The van der Waals surface area contributed by atoms with Gasteiger partial charge in [-0.05, 0) is 37.1 Å². The molecule has 100 valence electrons. The Hall–Kier alpha value is -1.58. The maximum absolute atomic E-state index is 6.10. The predicted octanol–water partition coefficient (Wildman–Crippen LogP) is 5.05. The molecule has 3 rings (SSSR count). The van der Waals surface area contributed by atoms with Gasteiger partial charge in [-0.15, -0.1) is 10.2 Å². The lowest BCUT2D eigenvalue weighted by Crippen LogP contribution is -1.90. The van der Waals surface area contributed by atoms with Crippen LogP contribution in [0.15, 0.2) is 52.4 Å². The van der Waals surface area contributed by atoms with Crippen molar-refractivity contribution in [1.29, 1.82) is 0 Å². The number of nitrogens with zero attached hydrogens (tertiary/aromatic N) is 2. The van der Waals surface area contributed by atoms with E-state index in [1.165, 1.54) is 11.1 Å². The predicted molar refractivity (Wildman–Crippen MR) is 84.6 cm³/mol. The van der Waals surface area contributed by atoms with Gasteiger partial charge < -0.3 is 0 Å². The second-order valence-electron chi connectivity index (χ2n) is 4.69. The second kappa shape index (κ2) is 5.43. The molecule has 3 aromatic rings. The summed E-state index contributed by atoms with van der Waals surface area (Å²) >= 11 is 7.71. The van der Waals surface area contributed by atoms with E-state index in [1.807, 2.05) is 24.3 Å². The van der Waals surface area contributed by atoms with E-state index in [9.17, 15) is 0 Å². The fourth-order valence-electron chi connectivity index (χ4n) is 2.01. The molecule has 0 radical (unpaired) electrons. The van der Waals surface area contributed by atoms with E-state index in [2.05, 4.69) is 42.2 Å². The molecule has 0 saturated heterocycles. The number of aryl methyl sites for hydroxylation is 2. The van der Waals surface area contributed by atoms with Gasteiger partial charge in [0.05, 0.1) is 0 Å². The average Bonchev–Trinajstić information content (AvgIpc) is 2.46.